The molecule has 4 heterocycles. The normalized spacial score (nSPS) is 16.8. The fourth-order valence-electron chi connectivity index (χ4n) is 5.85. The van der Waals surface area contributed by atoms with Gasteiger partial charge in [-0.1, -0.05) is 17.7 Å². The van der Waals surface area contributed by atoms with Gasteiger partial charge in [-0.3, -0.25) is 9.59 Å². The predicted molar refractivity (Wildman–Crippen MR) is 161 cm³/mol. The van der Waals surface area contributed by atoms with E-state index in [0.717, 1.165) is 48.4 Å². The SMILES string of the molecule is BN1CCC(N2Cc3cc4nc(-c5c(NC[C@@H](O)COc6ccc(C)cc6C)cc[nH]c5=O)[nH]c4cc3C2=O)CC1. The van der Waals surface area contributed by atoms with Crippen LogP contribution in [0.4, 0.5) is 5.69 Å². The Morgan fingerprint density at radius 3 is 2.76 bits per heavy atom. The van der Waals surface area contributed by atoms with Crippen molar-refractivity contribution in [3.63, 3.8) is 0 Å². The number of imidazole rings is 1. The van der Waals surface area contributed by atoms with Gasteiger partial charge in [0, 0.05) is 30.9 Å². The number of aliphatic hydroxyl groups excluding tert-OH is 1. The molecule has 2 aromatic heterocycles. The van der Waals surface area contributed by atoms with E-state index in [-0.39, 0.29) is 30.7 Å². The summed E-state index contributed by atoms with van der Waals surface area (Å²) in [5, 5.41) is 13.8. The molecule has 0 aliphatic carbocycles. The van der Waals surface area contributed by atoms with Crippen molar-refractivity contribution in [1.29, 1.82) is 0 Å². The van der Waals surface area contributed by atoms with Crippen LogP contribution in [0.3, 0.4) is 0 Å². The number of piperidine rings is 1. The molecular formula is C30H35BN6O4. The van der Waals surface area contributed by atoms with Gasteiger partial charge in [0.15, 0.2) is 7.98 Å². The maximum absolute atomic E-state index is 13.3. The minimum atomic E-state index is -0.806. The molecule has 0 radical (unpaired) electrons. The highest BCUT2D eigenvalue weighted by molar-refractivity contribution is 6.04. The van der Waals surface area contributed by atoms with Crippen LogP contribution in [0.1, 0.15) is 39.9 Å². The first kappa shape index (κ1) is 27.1. The Labute approximate surface area is 239 Å². The predicted octanol–water partition coefficient (Wildman–Crippen LogP) is 2.36. The lowest BCUT2D eigenvalue weighted by atomic mass is 10.0. The first-order valence-corrected chi connectivity index (χ1v) is 14.1. The van der Waals surface area contributed by atoms with Crippen LogP contribution in [0, 0.1) is 13.8 Å². The average molecular weight is 554 g/mol. The molecule has 1 amide bonds. The number of aryl methyl sites for hydroxylation is 2. The number of anilines is 1. The van der Waals surface area contributed by atoms with Crippen molar-refractivity contribution in [2.75, 3.05) is 31.6 Å². The number of H-pyrrole nitrogens is 2. The molecule has 1 fully saturated rings. The van der Waals surface area contributed by atoms with Crippen molar-refractivity contribution in [2.24, 2.45) is 0 Å². The highest BCUT2D eigenvalue weighted by Gasteiger charge is 2.34. The van der Waals surface area contributed by atoms with Crippen molar-refractivity contribution in [2.45, 2.75) is 45.4 Å². The van der Waals surface area contributed by atoms with E-state index in [2.05, 4.69) is 28.1 Å². The maximum Gasteiger partial charge on any atom is 0.261 e. The van der Waals surface area contributed by atoms with Crippen LogP contribution >= 0.6 is 0 Å². The standard InChI is InChI=1S/C30H35BN6O4/c1-17-3-4-26(18(2)11-17)41-16-21(38)14-33-23-5-8-32-29(39)27(23)28-34-24-12-19-15-37(20-6-9-36(31)10-7-20)30(40)22(19)13-25(24)35-28/h3-5,8,11-13,20-21,38H,6-7,9-10,14-16,31H2,1-2H3,(H,34,35)(H2,32,33,39)/t21-/m1/s1. The van der Waals surface area contributed by atoms with Crippen LogP contribution in [0.15, 0.2) is 47.4 Å². The van der Waals surface area contributed by atoms with Crippen molar-refractivity contribution in [1.82, 2.24) is 24.7 Å². The molecule has 0 spiro atoms. The Bertz CT molecular complexity index is 1660. The lowest BCUT2D eigenvalue weighted by Gasteiger charge is -2.35. The van der Waals surface area contributed by atoms with Gasteiger partial charge in [-0.05, 0) is 75.2 Å². The van der Waals surface area contributed by atoms with Gasteiger partial charge in [0.25, 0.3) is 11.5 Å². The van der Waals surface area contributed by atoms with Crippen molar-refractivity contribution < 1.29 is 14.6 Å². The fourth-order valence-corrected chi connectivity index (χ4v) is 5.85. The average Bonchev–Trinajstić information content (AvgIpc) is 3.50. The number of hydrogen-bond donors (Lipinski definition) is 4. The molecule has 0 bridgehead atoms. The number of carbonyl (C=O) groups excluding carboxylic acids is 1. The van der Waals surface area contributed by atoms with Gasteiger partial charge in [-0.25, -0.2) is 4.98 Å². The second-order valence-corrected chi connectivity index (χ2v) is 11.3. The lowest BCUT2D eigenvalue weighted by Crippen LogP contribution is -2.44. The van der Waals surface area contributed by atoms with Gasteiger partial charge in [0.2, 0.25) is 0 Å². The number of rotatable bonds is 8. The summed E-state index contributed by atoms with van der Waals surface area (Å²) in [6, 6.07) is 11.7. The number of aromatic amines is 2. The largest absolute Gasteiger partial charge is 0.491 e. The highest BCUT2D eigenvalue weighted by atomic mass is 16.5. The summed E-state index contributed by atoms with van der Waals surface area (Å²) < 4.78 is 5.81. The molecule has 4 aromatic rings. The van der Waals surface area contributed by atoms with Gasteiger partial charge in [-0.15, -0.1) is 0 Å². The lowest BCUT2D eigenvalue weighted by molar-refractivity contribution is 0.0643. The van der Waals surface area contributed by atoms with Gasteiger partial charge in [0.1, 0.15) is 29.8 Å². The topological polar surface area (TPSA) is 127 Å². The minimum absolute atomic E-state index is 0.0598. The number of fused-ring (bicyclic) bond motifs is 2. The number of hydrogen-bond acceptors (Lipinski definition) is 7. The van der Waals surface area contributed by atoms with E-state index in [1.54, 1.807) is 12.3 Å². The highest BCUT2D eigenvalue weighted by Crippen LogP contribution is 2.32. The molecule has 10 nitrogen and oxygen atoms in total. The smallest absolute Gasteiger partial charge is 0.261 e. The van der Waals surface area contributed by atoms with Crippen LogP contribution < -0.4 is 15.6 Å². The third kappa shape index (κ3) is 5.47. The van der Waals surface area contributed by atoms with Crippen molar-refractivity contribution in [3.05, 3.63) is 75.2 Å². The van der Waals surface area contributed by atoms with Crippen molar-refractivity contribution in [3.8, 4) is 17.1 Å². The molecule has 212 valence electrons. The Morgan fingerprint density at radius 2 is 1.98 bits per heavy atom. The number of amides is 1. The zero-order valence-corrected chi connectivity index (χ0v) is 23.7. The van der Waals surface area contributed by atoms with Gasteiger partial charge in [-0.2, -0.15) is 0 Å². The number of aromatic nitrogens is 3. The molecule has 11 heteroatoms. The first-order chi connectivity index (χ1) is 19.8. The van der Waals surface area contributed by atoms with E-state index in [9.17, 15) is 14.7 Å². The summed E-state index contributed by atoms with van der Waals surface area (Å²) in [6.45, 7) is 6.85. The quantitative estimate of drug-likeness (QED) is 0.247. The summed E-state index contributed by atoms with van der Waals surface area (Å²) in [7, 11) is 2.12. The Hall–Kier alpha value is -4.09. The van der Waals surface area contributed by atoms with E-state index in [4.69, 9.17) is 9.72 Å². The minimum Gasteiger partial charge on any atom is -0.491 e. The van der Waals surface area contributed by atoms with E-state index < -0.39 is 6.10 Å². The molecule has 0 saturated carbocycles. The number of nitrogens with zero attached hydrogens (tertiary/aromatic N) is 3. The summed E-state index contributed by atoms with van der Waals surface area (Å²) >= 11 is 0. The molecule has 41 heavy (non-hydrogen) atoms. The molecule has 1 atom stereocenters. The number of ether oxygens (including phenoxy) is 1. The molecular weight excluding hydrogens is 519 g/mol. The van der Waals surface area contributed by atoms with Crippen LogP contribution in [-0.2, 0) is 6.54 Å². The van der Waals surface area contributed by atoms with E-state index in [1.165, 1.54) is 0 Å². The maximum atomic E-state index is 13.3. The number of benzene rings is 2. The van der Waals surface area contributed by atoms with E-state index in [1.807, 2.05) is 49.1 Å². The number of nitrogens with one attached hydrogen (secondary N) is 3. The summed E-state index contributed by atoms with van der Waals surface area (Å²) in [5.74, 6) is 1.19. The van der Waals surface area contributed by atoms with Crippen LogP contribution in [-0.4, -0.2) is 82.0 Å². The summed E-state index contributed by atoms with van der Waals surface area (Å²) in [5.41, 5.74) is 5.78. The molecule has 1 saturated heterocycles. The van der Waals surface area contributed by atoms with Crippen molar-refractivity contribution >= 4 is 30.6 Å². The molecule has 0 unspecified atom stereocenters. The summed E-state index contributed by atoms with van der Waals surface area (Å²) in [6.07, 6.45) is 2.71. The second-order valence-electron chi connectivity index (χ2n) is 11.3. The number of carbonyl (C=O) groups is 1. The molecule has 6 rings (SSSR count). The molecule has 2 aliphatic heterocycles. The van der Waals surface area contributed by atoms with Gasteiger partial charge in [0.05, 0.1) is 16.7 Å². The zero-order valence-electron chi connectivity index (χ0n) is 23.7. The van der Waals surface area contributed by atoms with E-state index >= 15 is 0 Å². The molecule has 2 aromatic carbocycles. The monoisotopic (exact) mass is 554 g/mol. The number of pyridine rings is 1. The molecule has 2 aliphatic rings. The van der Waals surface area contributed by atoms with E-state index in [0.29, 0.717) is 40.2 Å². The molecule has 4 N–H and O–H groups in total. The third-order valence-corrected chi connectivity index (χ3v) is 8.16. The Kier molecular flexibility index (Phi) is 7.31. The van der Waals surface area contributed by atoms with Gasteiger partial charge < -0.3 is 34.8 Å². The Balaban J connectivity index is 1.18. The Morgan fingerprint density at radius 1 is 1.17 bits per heavy atom. The fraction of sp³-hybridized carbons (Fsp3) is 0.367. The zero-order chi connectivity index (χ0) is 28.7. The van der Waals surface area contributed by atoms with Crippen LogP contribution in [0.25, 0.3) is 22.4 Å². The first-order valence-electron chi connectivity index (χ1n) is 14.1. The second kappa shape index (κ2) is 11.1. The van der Waals surface area contributed by atoms with Gasteiger partial charge >= 0.3 is 0 Å². The number of aliphatic hydroxyl groups is 1. The van der Waals surface area contributed by atoms with Crippen LogP contribution in [0.2, 0.25) is 0 Å². The third-order valence-electron chi connectivity index (χ3n) is 8.16. The van der Waals surface area contributed by atoms with Crippen LogP contribution in [0.5, 0.6) is 5.75 Å². The summed E-state index contributed by atoms with van der Waals surface area (Å²) in [4.78, 5) is 41.2.